The van der Waals surface area contributed by atoms with Gasteiger partial charge in [0.2, 0.25) is 11.8 Å². The molecule has 0 aliphatic heterocycles. The van der Waals surface area contributed by atoms with Crippen LogP contribution >= 0.6 is 34.8 Å². The maximum atomic E-state index is 13.9. The van der Waals surface area contributed by atoms with Gasteiger partial charge in [-0.1, -0.05) is 84.2 Å². The number of anilines is 1. The third-order valence-corrected chi connectivity index (χ3v) is 8.80. The third kappa shape index (κ3) is 6.80. The maximum absolute atomic E-state index is 13.9. The first-order valence-electron chi connectivity index (χ1n) is 11.9. The molecule has 2 amide bonds. The van der Waals surface area contributed by atoms with Crippen LogP contribution in [0.3, 0.4) is 0 Å². The number of amides is 2. The number of benzene rings is 3. The molecule has 0 aromatic heterocycles. The molecule has 202 valence electrons. The Morgan fingerprint density at radius 1 is 0.868 bits per heavy atom. The molecule has 1 N–H and O–H groups in total. The molecular formula is C27H28Cl3N3O4S. The van der Waals surface area contributed by atoms with E-state index in [1.165, 1.54) is 29.2 Å². The lowest BCUT2D eigenvalue weighted by Gasteiger charge is -2.33. The van der Waals surface area contributed by atoms with E-state index < -0.39 is 28.5 Å². The molecule has 0 bridgehead atoms. The van der Waals surface area contributed by atoms with E-state index in [1.807, 2.05) is 0 Å². The van der Waals surface area contributed by atoms with Crippen molar-refractivity contribution in [3.05, 3.63) is 93.4 Å². The molecule has 0 heterocycles. The molecule has 7 nitrogen and oxygen atoms in total. The fraction of sp³-hybridized carbons (Fsp3) is 0.259. The molecule has 11 heteroatoms. The number of hydrogen-bond acceptors (Lipinski definition) is 4. The lowest BCUT2D eigenvalue weighted by Crippen LogP contribution is -2.52. The molecule has 0 fully saturated rings. The Labute approximate surface area is 238 Å². The SMILES string of the molecule is CCNC(=O)C(CC)N(Cc1ccccc1Cl)C(=O)CN(c1cccc(Cl)c1Cl)S(=O)(=O)c1ccccc1. The van der Waals surface area contributed by atoms with Crippen LogP contribution in [0.5, 0.6) is 0 Å². The second-order valence-corrected chi connectivity index (χ2v) is 11.4. The Hall–Kier alpha value is -2.78. The zero-order valence-electron chi connectivity index (χ0n) is 20.9. The Bertz CT molecular complexity index is 1390. The van der Waals surface area contributed by atoms with E-state index in [4.69, 9.17) is 34.8 Å². The van der Waals surface area contributed by atoms with Crippen LogP contribution in [0.4, 0.5) is 5.69 Å². The van der Waals surface area contributed by atoms with Gasteiger partial charge in [-0.15, -0.1) is 0 Å². The second kappa shape index (κ2) is 13.3. The second-order valence-electron chi connectivity index (χ2n) is 8.33. The lowest BCUT2D eigenvalue weighted by molar-refractivity contribution is -0.140. The van der Waals surface area contributed by atoms with Crippen LogP contribution < -0.4 is 9.62 Å². The van der Waals surface area contributed by atoms with Gasteiger partial charge < -0.3 is 10.2 Å². The molecule has 1 unspecified atom stereocenters. The third-order valence-electron chi connectivity index (χ3n) is 5.85. The number of halogens is 3. The summed E-state index contributed by atoms with van der Waals surface area (Å²) in [6, 6.07) is 18.3. The predicted molar refractivity (Wildman–Crippen MR) is 152 cm³/mol. The van der Waals surface area contributed by atoms with Gasteiger partial charge in [-0.2, -0.15) is 0 Å². The van der Waals surface area contributed by atoms with E-state index in [-0.39, 0.29) is 33.1 Å². The van der Waals surface area contributed by atoms with Gasteiger partial charge in [0.1, 0.15) is 12.6 Å². The van der Waals surface area contributed by atoms with E-state index in [2.05, 4.69) is 5.32 Å². The number of nitrogens with one attached hydrogen (secondary N) is 1. The summed E-state index contributed by atoms with van der Waals surface area (Å²) in [5, 5.41) is 3.29. The van der Waals surface area contributed by atoms with Crippen molar-refractivity contribution in [2.24, 2.45) is 0 Å². The average Bonchev–Trinajstić information content (AvgIpc) is 2.90. The molecule has 3 aromatic carbocycles. The maximum Gasteiger partial charge on any atom is 0.264 e. The number of nitrogens with zero attached hydrogens (tertiary/aromatic N) is 2. The smallest absolute Gasteiger partial charge is 0.264 e. The van der Waals surface area contributed by atoms with E-state index in [0.717, 1.165) is 4.31 Å². The van der Waals surface area contributed by atoms with Gasteiger partial charge in [-0.05, 0) is 49.2 Å². The molecule has 0 aliphatic carbocycles. The minimum Gasteiger partial charge on any atom is -0.355 e. The summed E-state index contributed by atoms with van der Waals surface area (Å²) in [5.74, 6) is -0.966. The van der Waals surface area contributed by atoms with Crippen LogP contribution in [0, 0.1) is 0 Å². The van der Waals surface area contributed by atoms with E-state index >= 15 is 0 Å². The normalized spacial score (nSPS) is 12.0. The Morgan fingerprint density at radius 3 is 2.13 bits per heavy atom. The topological polar surface area (TPSA) is 86.8 Å². The summed E-state index contributed by atoms with van der Waals surface area (Å²) < 4.78 is 28.5. The first-order chi connectivity index (χ1) is 18.1. The predicted octanol–water partition coefficient (Wildman–Crippen LogP) is 5.79. The Kier molecular flexibility index (Phi) is 10.4. The van der Waals surface area contributed by atoms with Crippen molar-refractivity contribution in [2.75, 3.05) is 17.4 Å². The fourth-order valence-corrected chi connectivity index (χ4v) is 6.03. The van der Waals surface area contributed by atoms with Crippen molar-refractivity contribution < 1.29 is 18.0 Å². The molecule has 38 heavy (non-hydrogen) atoms. The first-order valence-corrected chi connectivity index (χ1v) is 14.5. The zero-order valence-corrected chi connectivity index (χ0v) is 24.0. The minimum atomic E-state index is -4.25. The van der Waals surface area contributed by atoms with Crippen LogP contribution in [-0.4, -0.2) is 44.3 Å². The fourth-order valence-electron chi connectivity index (χ4n) is 3.94. The molecule has 0 saturated heterocycles. The largest absolute Gasteiger partial charge is 0.355 e. The monoisotopic (exact) mass is 595 g/mol. The quantitative estimate of drug-likeness (QED) is 0.304. The highest BCUT2D eigenvalue weighted by molar-refractivity contribution is 7.92. The number of sulfonamides is 1. The molecule has 0 saturated carbocycles. The Balaban J connectivity index is 2.11. The summed E-state index contributed by atoms with van der Waals surface area (Å²) >= 11 is 19.0. The highest BCUT2D eigenvalue weighted by Gasteiger charge is 2.34. The van der Waals surface area contributed by atoms with Crippen molar-refractivity contribution in [3.63, 3.8) is 0 Å². The molecule has 0 spiro atoms. The minimum absolute atomic E-state index is 0.00332. The van der Waals surface area contributed by atoms with Crippen molar-refractivity contribution in [1.82, 2.24) is 10.2 Å². The van der Waals surface area contributed by atoms with Crippen molar-refractivity contribution >= 4 is 62.3 Å². The van der Waals surface area contributed by atoms with Crippen LogP contribution in [0.15, 0.2) is 77.7 Å². The van der Waals surface area contributed by atoms with Crippen molar-refractivity contribution in [2.45, 2.75) is 37.8 Å². The molecule has 1 atom stereocenters. The van der Waals surface area contributed by atoms with Crippen LogP contribution in [0.25, 0.3) is 0 Å². The van der Waals surface area contributed by atoms with E-state index in [1.54, 1.807) is 62.4 Å². The molecule has 3 aromatic rings. The summed E-state index contributed by atoms with van der Waals surface area (Å²) in [5.41, 5.74) is 0.656. The number of carbonyl (C=O) groups is 2. The van der Waals surface area contributed by atoms with Gasteiger partial charge >= 0.3 is 0 Å². The van der Waals surface area contributed by atoms with E-state index in [0.29, 0.717) is 23.6 Å². The van der Waals surface area contributed by atoms with Gasteiger partial charge in [-0.3, -0.25) is 13.9 Å². The zero-order chi connectivity index (χ0) is 27.9. The molecule has 0 aliphatic rings. The van der Waals surface area contributed by atoms with Crippen molar-refractivity contribution in [1.29, 1.82) is 0 Å². The first kappa shape index (κ1) is 29.8. The van der Waals surface area contributed by atoms with Gasteiger partial charge in [-0.25, -0.2) is 8.42 Å². The number of carbonyl (C=O) groups excluding carboxylic acids is 2. The summed E-state index contributed by atoms with van der Waals surface area (Å²) in [7, 11) is -4.25. The van der Waals surface area contributed by atoms with Gasteiger partial charge in [0.15, 0.2) is 0 Å². The van der Waals surface area contributed by atoms with Gasteiger partial charge in [0, 0.05) is 18.1 Å². The van der Waals surface area contributed by atoms with Crippen LogP contribution in [-0.2, 0) is 26.2 Å². The number of rotatable bonds is 11. The van der Waals surface area contributed by atoms with Gasteiger partial charge in [0.05, 0.1) is 20.6 Å². The number of hydrogen-bond donors (Lipinski definition) is 1. The molecular weight excluding hydrogens is 569 g/mol. The van der Waals surface area contributed by atoms with Crippen LogP contribution in [0.2, 0.25) is 15.1 Å². The van der Waals surface area contributed by atoms with E-state index in [9.17, 15) is 18.0 Å². The summed E-state index contributed by atoms with van der Waals surface area (Å²) in [6.45, 7) is 3.30. The van der Waals surface area contributed by atoms with Crippen molar-refractivity contribution in [3.8, 4) is 0 Å². The highest BCUT2D eigenvalue weighted by Crippen LogP contribution is 2.35. The number of likely N-dealkylation sites (N-methyl/N-ethyl adjacent to an activating group) is 1. The van der Waals surface area contributed by atoms with Crippen LogP contribution in [0.1, 0.15) is 25.8 Å². The van der Waals surface area contributed by atoms with Gasteiger partial charge in [0.25, 0.3) is 10.0 Å². The standard InChI is InChI=1S/C27H28Cl3N3O4S/c1-3-23(27(35)31-4-2)32(17-19-11-8-9-14-21(19)28)25(34)18-33(24-16-10-15-22(29)26(24)30)38(36,37)20-12-6-5-7-13-20/h5-16,23H,3-4,17-18H2,1-2H3,(H,31,35). The molecule has 0 radical (unpaired) electrons. The summed E-state index contributed by atoms with van der Waals surface area (Å²) in [4.78, 5) is 28.2. The summed E-state index contributed by atoms with van der Waals surface area (Å²) in [6.07, 6.45) is 0.297. The lowest BCUT2D eigenvalue weighted by atomic mass is 10.1. The average molecular weight is 597 g/mol. The molecule has 3 rings (SSSR count). The Morgan fingerprint density at radius 2 is 1.50 bits per heavy atom. The highest BCUT2D eigenvalue weighted by atomic mass is 35.5.